The van der Waals surface area contributed by atoms with Gasteiger partial charge in [0.2, 0.25) is 0 Å². The molecule has 0 aliphatic heterocycles. The molecule has 1 unspecified atom stereocenters. The van der Waals surface area contributed by atoms with Crippen LogP contribution in [0.25, 0.3) is 0 Å². The van der Waals surface area contributed by atoms with Gasteiger partial charge in [-0.3, -0.25) is 0 Å². The van der Waals surface area contributed by atoms with Gasteiger partial charge in [-0.05, 0) is 64.8 Å². The summed E-state index contributed by atoms with van der Waals surface area (Å²) in [5, 5.41) is 4.39. The van der Waals surface area contributed by atoms with Crippen LogP contribution >= 0.6 is 34.2 Å². The molecular weight excluding hydrogens is 381 g/mol. The number of anilines is 1. The molecule has 2 aromatic rings. The minimum atomic E-state index is 0.329. The van der Waals surface area contributed by atoms with Gasteiger partial charge in [-0.2, -0.15) is 0 Å². The highest BCUT2D eigenvalue weighted by Crippen LogP contribution is 2.28. The van der Waals surface area contributed by atoms with Crippen LogP contribution in [0, 0.1) is 3.57 Å². The van der Waals surface area contributed by atoms with Crippen LogP contribution in [-0.4, -0.2) is 0 Å². The quantitative estimate of drug-likeness (QED) is 0.602. The Labute approximate surface area is 139 Å². The van der Waals surface area contributed by atoms with Gasteiger partial charge in [0.1, 0.15) is 0 Å². The number of halogens is 2. The minimum absolute atomic E-state index is 0.329. The van der Waals surface area contributed by atoms with Crippen molar-refractivity contribution in [2.75, 3.05) is 5.32 Å². The van der Waals surface area contributed by atoms with E-state index in [-0.39, 0.29) is 0 Å². The third kappa shape index (κ3) is 3.89. The highest BCUT2D eigenvalue weighted by atomic mass is 127. The summed E-state index contributed by atoms with van der Waals surface area (Å²) in [6.07, 6.45) is 2.13. The first-order valence-corrected chi connectivity index (χ1v) is 8.40. The van der Waals surface area contributed by atoms with Crippen molar-refractivity contribution in [3.63, 3.8) is 0 Å². The first kappa shape index (κ1) is 15.6. The average molecular weight is 400 g/mol. The lowest BCUT2D eigenvalue weighted by Gasteiger charge is -2.20. The van der Waals surface area contributed by atoms with Crippen molar-refractivity contribution in [2.45, 2.75) is 32.7 Å². The van der Waals surface area contributed by atoms with Gasteiger partial charge in [-0.1, -0.05) is 49.7 Å². The first-order chi connectivity index (χ1) is 9.63. The summed E-state index contributed by atoms with van der Waals surface area (Å²) in [6, 6.07) is 15.2. The molecule has 0 radical (unpaired) electrons. The molecule has 0 fully saturated rings. The largest absolute Gasteiger partial charge is 0.377 e. The van der Waals surface area contributed by atoms with Crippen molar-refractivity contribution in [3.05, 3.63) is 62.2 Å². The standard InChI is InChI=1S/C17H19ClIN/c1-3-12-5-7-13(8-6-12)16(4-2)20-17-10-9-14(18)11-15(17)19/h5-11,16,20H,3-4H2,1-2H3. The predicted octanol–water partition coefficient (Wildman–Crippen LogP) is 6.07. The number of nitrogens with one attached hydrogen (secondary N) is 1. The van der Waals surface area contributed by atoms with Crippen molar-refractivity contribution in [1.29, 1.82) is 0 Å². The highest BCUT2D eigenvalue weighted by molar-refractivity contribution is 14.1. The molecular formula is C17H19ClIN. The van der Waals surface area contributed by atoms with Crippen LogP contribution < -0.4 is 5.32 Å². The topological polar surface area (TPSA) is 12.0 Å². The second kappa shape index (κ2) is 7.32. The molecule has 20 heavy (non-hydrogen) atoms. The van der Waals surface area contributed by atoms with E-state index >= 15 is 0 Å². The van der Waals surface area contributed by atoms with Crippen LogP contribution in [0.4, 0.5) is 5.69 Å². The molecule has 0 heterocycles. The monoisotopic (exact) mass is 399 g/mol. The molecule has 0 aliphatic carbocycles. The second-order valence-corrected chi connectivity index (χ2v) is 6.42. The van der Waals surface area contributed by atoms with Crippen LogP contribution in [0.15, 0.2) is 42.5 Å². The highest BCUT2D eigenvalue weighted by Gasteiger charge is 2.11. The molecule has 0 aliphatic rings. The lowest BCUT2D eigenvalue weighted by Crippen LogP contribution is -2.10. The Kier molecular flexibility index (Phi) is 5.73. The summed E-state index contributed by atoms with van der Waals surface area (Å²) in [5.41, 5.74) is 3.85. The maximum Gasteiger partial charge on any atom is 0.0511 e. The maximum absolute atomic E-state index is 6.01. The average Bonchev–Trinajstić information content (AvgIpc) is 2.47. The molecule has 3 heteroatoms. The lowest BCUT2D eigenvalue weighted by atomic mass is 10.0. The van der Waals surface area contributed by atoms with Gasteiger partial charge >= 0.3 is 0 Å². The fourth-order valence-electron chi connectivity index (χ4n) is 2.20. The Morgan fingerprint density at radius 2 is 1.80 bits per heavy atom. The van der Waals surface area contributed by atoms with Crippen molar-refractivity contribution in [3.8, 4) is 0 Å². The van der Waals surface area contributed by atoms with Crippen LogP contribution in [0.2, 0.25) is 5.02 Å². The molecule has 1 N–H and O–H groups in total. The van der Waals surface area contributed by atoms with Gasteiger partial charge in [0.15, 0.2) is 0 Å². The number of hydrogen-bond acceptors (Lipinski definition) is 1. The summed E-state index contributed by atoms with van der Waals surface area (Å²) in [5.74, 6) is 0. The maximum atomic E-state index is 6.01. The smallest absolute Gasteiger partial charge is 0.0511 e. The van der Waals surface area contributed by atoms with Crippen LogP contribution in [0.3, 0.4) is 0 Å². The van der Waals surface area contributed by atoms with E-state index in [1.54, 1.807) is 0 Å². The number of rotatable bonds is 5. The van der Waals surface area contributed by atoms with Crippen molar-refractivity contribution in [2.24, 2.45) is 0 Å². The van der Waals surface area contributed by atoms with Crippen LogP contribution in [0.1, 0.15) is 37.4 Å². The Bertz CT molecular complexity index is 566. The van der Waals surface area contributed by atoms with E-state index in [9.17, 15) is 0 Å². The van der Waals surface area contributed by atoms with E-state index in [0.29, 0.717) is 6.04 Å². The number of aryl methyl sites for hydroxylation is 1. The first-order valence-electron chi connectivity index (χ1n) is 6.94. The van der Waals surface area contributed by atoms with Gasteiger partial charge < -0.3 is 5.32 Å². The molecule has 0 aromatic heterocycles. The van der Waals surface area contributed by atoms with E-state index in [4.69, 9.17) is 11.6 Å². The van der Waals surface area contributed by atoms with Crippen molar-refractivity contribution < 1.29 is 0 Å². The number of hydrogen-bond donors (Lipinski definition) is 1. The fraction of sp³-hybridized carbons (Fsp3) is 0.294. The third-order valence-electron chi connectivity index (χ3n) is 3.46. The molecule has 0 bridgehead atoms. The zero-order chi connectivity index (χ0) is 14.5. The molecule has 1 nitrogen and oxygen atoms in total. The summed E-state index contributed by atoms with van der Waals surface area (Å²) in [4.78, 5) is 0. The molecule has 1 atom stereocenters. The van der Waals surface area contributed by atoms with Crippen molar-refractivity contribution >= 4 is 39.9 Å². The SMILES string of the molecule is CCc1ccc(C(CC)Nc2ccc(Cl)cc2I)cc1. The van der Waals surface area contributed by atoms with Crippen LogP contribution in [-0.2, 0) is 6.42 Å². The van der Waals surface area contributed by atoms with Crippen molar-refractivity contribution in [1.82, 2.24) is 0 Å². The third-order valence-corrected chi connectivity index (χ3v) is 4.59. The fourth-order valence-corrected chi connectivity index (χ4v) is 3.23. The van der Waals surface area contributed by atoms with Gasteiger partial charge in [-0.15, -0.1) is 0 Å². The van der Waals surface area contributed by atoms with Gasteiger partial charge in [0.25, 0.3) is 0 Å². The normalized spacial score (nSPS) is 12.2. The summed E-state index contributed by atoms with van der Waals surface area (Å²) in [7, 11) is 0. The Morgan fingerprint density at radius 3 is 2.35 bits per heavy atom. The zero-order valence-corrected chi connectivity index (χ0v) is 14.7. The summed E-state index contributed by atoms with van der Waals surface area (Å²) >= 11 is 8.32. The Hall–Kier alpha value is -0.740. The summed E-state index contributed by atoms with van der Waals surface area (Å²) in [6.45, 7) is 4.38. The van der Waals surface area contributed by atoms with E-state index < -0.39 is 0 Å². The zero-order valence-electron chi connectivity index (χ0n) is 11.8. The molecule has 106 valence electrons. The lowest BCUT2D eigenvalue weighted by molar-refractivity contribution is 0.748. The van der Waals surface area contributed by atoms with Gasteiger partial charge in [0.05, 0.1) is 6.04 Å². The Morgan fingerprint density at radius 1 is 1.10 bits per heavy atom. The Balaban J connectivity index is 2.19. The minimum Gasteiger partial charge on any atom is -0.377 e. The molecule has 2 aromatic carbocycles. The molecule has 0 saturated carbocycles. The van der Waals surface area contributed by atoms with Gasteiger partial charge in [0, 0.05) is 14.3 Å². The van der Waals surface area contributed by atoms with Crippen LogP contribution in [0.5, 0.6) is 0 Å². The molecule has 0 saturated heterocycles. The number of benzene rings is 2. The van der Waals surface area contributed by atoms with E-state index in [0.717, 1.165) is 27.1 Å². The summed E-state index contributed by atoms with van der Waals surface area (Å²) < 4.78 is 1.15. The molecule has 0 spiro atoms. The molecule has 2 rings (SSSR count). The van der Waals surface area contributed by atoms with E-state index in [1.165, 1.54) is 11.1 Å². The van der Waals surface area contributed by atoms with E-state index in [1.807, 2.05) is 18.2 Å². The molecule has 0 amide bonds. The predicted molar refractivity (Wildman–Crippen MR) is 96.6 cm³/mol. The van der Waals surface area contributed by atoms with E-state index in [2.05, 4.69) is 66.0 Å². The second-order valence-electron chi connectivity index (χ2n) is 4.82. The van der Waals surface area contributed by atoms with Gasteiger partial charge in [-0.25, -0.2) is 0 Å².